The molecule has 0 saturated carbocycles. The summed E-state index contributed by atoms with van der Waals surface area (Å²) in [5.41, 5.74) is 2.07. The van der Waals surface area contributed by atoms with Gasteiger partial charge in [0.25, 0.3) is 5.91 Å². The fourth-order valence-electron chi connectivity index (χ4n) is 4.89. The average Bonchev–Trinajstić information content (AvgIpc) is 3.51. The van der Waals surface area contributed by atoms with E-state index in [4.69, 9.17) is 9.47 Å². The number of benzene rings is 1. The first-order valence-electron chi connectivity index (χ1n) is 11.7. The summed E-state index contributed by atoms with van der Waals surface area (Å²) in [6.07, 6.45) is 5.72. The Balaban J connectivity index is 1.35. The van der Waals surface area contributed by atoms with Crippen LogP contribution in [0.3, 0.4) is 0 Å². The summed E-state index contributed by atoms with van der Waals surface area (Å²) in [5.74, 6) is 0.718. The normalized spacial score (nSPS) is 20.1. The molecule has 1 amide bonds. The quantitative estimate of drug-likeness (QED) is 0.546. The second-order valence-corrected chi connectivity index (χ2v) is 9.92. The number of carbonyl (C=O) groups is 1. The van der Waals surface area contributed by atoms with Crippen LogP contribution in [0.15, 0.2) is 36.7 Å². The van der Waals surface area contributed by atoms with Gasteiger partial charge in [0.1, 0.15) is 17.0 Å². The molecule has 7 nitrogen and oxygen atoms in total. The Labute approximate surface area is 197 Å². The lowest BCUT2D eigenvalue weighted by molar-refractivity contribution is 0.0487. The molecule has 0 bridgehead atoms. The van der Waals surface area contributed by atoms with Crippen LogP contribution in [0.2, 0.25) is 0 Å². The van der Waals surface area contributed by atoms with Gasteiger partial charge in [-0.15, -0.1) is 11.3 Å². The molecule has 2 saturated heterocycles. The van der Waals surface area contributed by atoms with Gasteiger partial charge >= 0.3 is 0 Å². The molecule has 33 heavy (non-hydrogen) atoms. The zero-order valence-electron chi connectivity index (χ0n) is 18.9. The van der Waals surface area contributed by atoms with Gasteiger partial charge in [-0.2, -0.15) is 0 Å². The van der Waals surface area contributed by atoms with Gasteiger partial charge in [-0.3, -0.25) is 4.79 Å². The summed E-state index contributed by atoms with van der Waals surface area (Å²) in [7, 11) is 0. The third-order valence-electron chi connectivity index (χ3n) is 6.88. The number of ether oxygens (including phenoxy) is 2. The molecule has 1 atom stereocenters. The van der Waals surface area contributed by atoms with Crippen molar-refractivity contribution in [1.29, 1.82) is 0 Å². The predicted molar refractivity (Wildman–Crippen MR) is 130 cm³/mol. The fraction of sp³-hybridized carbons (Fsp3) is 0.480. The molecule has 0 aliphatic carbocycles. The third-order valence-corrected chi connectivity index (χ3v) is 8.08. The molecule has 3 aromatic rings. The van der Waals surface area contributed by atoms with Crippen molar-refractivity contribution in [3.8, 4) is 0 Å². The van der Waals surface area contributed by atoms with Crippen molar-refractivity contribution in [3.63, 3.8) is 0 Å². The summed E-state index contributed by atoms with van der Waals surface area (Å²) < 4.78 is 11.3. The van der Waals surface area contributed by atoms with Crippen molar-refractivity contribution in [2.45, 2.75) is 44.1 Å². The van der Waals surface area contributed by atoms with Crippen LogP contribution in [0.5, 0.6) is 0 Å². The number of rotatable bonds is 7. The van der Waals surface area contributed by atoms with Gasteiger partial charge in [-0.25, -0.2) is 9.97 Å². The molecule has 174 valence electrons. The number of anilines is 1. The molecular formula is C25H30N4O3S. The number of nitrogens with one attached hydrogen (secondary N) is 2. The van der Waals surface area contributed by atoms with Crippen molar-refractivity contribution >= 4 is 33.3 Å². The topological polar surface area (TPSA) is 85.4 Å². The van der Waals surface area contributed by atoms with Gasteiger partial charge in [0.05, 0.1) is 16.4 Å². The first kappa shape index (κ1) is 22.3. The highest BCUT2D eigenvalue weighted by Gasteiger charge is 2.35. The summed E-state index contributed by atoms with van der Waals surface area (Å²) >= 11 is 1.43. The van der Waals surface area contributed by atoms with Crippen LogP contribution in [0, 0.1) is 6.92 Å². The van der Waals surface area contributed by atoms with Crippen molar-refractivity contribution in [2.24, 2.45) is 0 Å². The minimum atomic E-state index is -0.104. The van der Waals surface area contributed by atoms with Gasteiger partial charge in [0.15, 0.2) is 0 Å². The molecule has 2 N–H and O–H groups in total. The lowest BCUT2D eigenvalue weighted by Gasteiger charge is -2.38. The predicted octanol–water partition coefficient (Wildman–Crippen LogP) is 4.07. The van der Waals surface area contributed by atoms with E-state index in [2.05, 4.69) is 44.9 Å². The van der Waals surface area contributed by atoms with E-state index in [0.29, 0.717) is 31.2 Å². The Bertz CT molecular complexity index is 1110. The molecule has 0 spiro atoms. The van der Waals surface area contributed by atoms with Gasteiger partial charge in [0.2, 0.25) is 0 Å². The molecule has 8 heteroatoms. The molecule has 2 fully saturated rings. The molecule has 4 heterocycles. The Hall–Kier alpha value is -2.55. The van der Waals surface area contributed by atoms with Crippen LogP contribution in [-0.4, -0.2) is 54.9 Å². The van der Waals surface area contributed by atoms with E-state index in [0.717, 1.165) is 53.9 Å². The summed E-state index contributed by atoms with van der Waals surface area (Å²) in [5, 5.41) is 7.58. The monoisotopic (exact) mass is 466 g/mol. The van der Waals surface area contributed by atoms with E-state index in [9.17, 15) is 4.79 Å². The van der Waals surface area contributed by atoms with Crippen LogP contribution in [-0.2, 0) is 14.9 Å². The number of nitrogens with zero attached hydrogens (tertiary/aromatic N) is 2. The number of aryl methyl sites for hydroxylation is 1. The Morgan fingerprint density at radius 1 is 1.18 bits per heavy atom. The van der Waals surface area contributed by atoms with Crippen LogP contribution in [0.4, 0.5) is 5.82 Å². The van der Waals surface area contributed by atoms with Crippen molar-refractivity contribution < 1.29 is 14.3 Å². The SMILES string of the molecule is Cc1c(C(=O)NCC2(c3ccccc3)CCOCC2)sc2ncnc(NC[C@H]3CCCO3)c12. The standard InChI is InChI=1S/C25H30N4O3S/c1-17-20-22(26-14-19-8-5-11-32-19)28-16-29-24(20)33-21(17)23(30)27-15-25(9-12-31-13-10-25)18-6-3-2-4-7-18/h2-4,6-7,16,19H,5,8-15H2,1H3,(H,27,30)(H,26,28,29)/t19-/m1/s1. The van der Waals surface area contributed by atoms with E-state index in [1.807, 2.05) is 13.0 Å². The highest BCUT2D eigenvalue weighted by atomic mass is 32.1. The van der Waals surface area contributed by atoms with E-state index in [1.165, 1.54) is 16.9 Å². The van der Waals surface area contributed by atoms with Gasteiger partial charge in [-0.1, -0.05) is 30.3 Å². The molecule has 1 aromatic carbocycles. The van der Waals surface area contributed by atoms with Crippen LogP contribution in [0.25, 0.3) is 10.2 Å². The van der Waals surface area contributed by atoms with Crippen molar-refractivity contribution in [1.82, 2.24) is 15.3 Å². The average molecular weight is 467 g/mol. The summed E-state index contributed by atoms with van der Waals surface area (Å²) in [6, 6.07) is 10.5. The highest BCUT2D eigenvalue weighted by molar-refractivity contribution is 7.20. The molecule has 2 aliphatic rings. The Morgan fingerprint density at radius 2 is 2.00 bits per heavy atom. The highest BCUT2D eigenvalue weighted by Crippen LogP contribution is 2.36. The van der Waals surface area contributed by atoms with E-state index < -0.39 is 0 Å². The second kappa shape index (κ2) is 9.75. The van der Waals surface area contributed by atoms with Gasteiger partial charge in [0, 0.05) is 38.3 Å². The smallest absolute Gasteiger partial charge is 0.261 e. The number of fused-ring (bicyclic) bond motifs is 1. The number of hydrogen-bond acceptors (Lipinski definition) is 7. The van der Waals surface area contributed by atoms with E-state index in [1.54, 1.807) is 6.33 Å². The minimum Gasteiger partial charge on any atom is -0.381 e. The number of aromatic nitrogens is 2. The lowest BCUT2D eigenvalue weighted by Crippen LogP contribution is -2.44. The maximum Gasteiger partial charge on any atom is 0.261 e. The number of carbonyl (C=O) groups excluding carboxylic acids is 1. The summed E-state index contributed by atoms with van der Waals surface area (Å²) in [4.78, 5) is 23.7. The third kappa shape index (κ3) is 4.60. The minimum absolute atomic E-state index is 0.0534. The molecule has 0 unspecified atom stereocenters. The zero-order valence-corrected chi connectivity index (χ0v) is 19.7. The maximum atomic E-state index is 13.3. The molecule has 2 aromatic heterocycles. The van der Waals surface area contributed by atoms with E-state index >= 15 is 0 Å². The lowest BCUT2D eigenvalue weighted by atomic mass is 9.74. The maximum absolute atomic E-state index is 13.3. The fourth-order valence-corrected chi connectivity index (χ4v) is 5.95. The number of hydrogen-bond donors (Lipinski definition) is 2. The largest absolute Gasteiger partial charge is 0.381 e. The Kier molecular flexibility index (Phi) is 6.57. The van der Waals surface area contributed by atoms with Crippen LogP contribution in [0.1, 0.15) is 46.5 Å². The summed E-state index contributed by atoms with van der Waals surface area (Å²) in [6.45, 7) is 5.52. The van der Waals surface area contributed by atoms with Crippen molar-refractivity contribution in [3.05, 3.63) is 52.7 Å². The van der Waals surface area contributed by atoms with E-state index in [-0.39, 0.29) is 17.4 Å². The molecule has 0 radical (unpaired) electrons. The van der Waals surface area contributed by atoms with Crippen LogP contribution < -0.4 is 10.6 Å². The second-order valence-electron chi connectivity index (χ2n) is 8.92. The molecular weight excluding hydrogens is 436 g/mol. The van der Waals surface area contributed by atoms with Gasteiger partial charge < -0.3 is 20.1 Å². The molecule has 2 aliphatic heterocycles. The number of thiophene rings is 1. The van der Waals surface area contributed by atoms with Crippen molar-refractivity contribution in [2.75, 3.05) is 38.2 Å². The van der Waals surface area contributed by atoms with Gasteiger partial charge in [-0.05, 0) is 43.7 Å². The first-order valence-corrected chi connectivity index (χ1v) is 12.5. The Morgan fingerprint density at radius 3 is 2.76 bits per heavy atom. The number of amides is 1. The first-order chi connectivity index (χ1) is 16.2. The van der Waals surface area contributed by atoms with Crippen LogP contribution >= 0.6 is 11.3 Å². The zero-order chi connectivity index (χ0) is 22.7. The molecule has 5 rings (SSSR count).